The number of benzene rings is 1. The monoisotopic (exact) mass is 332 g/mol. The van der Waals surface area contributed by atoms with E-state index in [0.29, 0.717) is 36.6 Å². The van der Waals surface area contributed by atoms with Gasteiger partial charge in [-0.1, -0.05) is 0 Å². The minimum atomic E-state index is -0.344. The molecule has 1 aromatic rings. The average Bonchev–Trinajstić information content (AvgIpc) is 3.26. The van der Waals surface area contributed by atoms with Crippen molar-refractivity contribution < 1.29 is 19.1 Å². The van der Waals surface area contributed by atoms with Crippen LogP contribution in [0.25, 0.3) is 0 Å². The van der Waals surface area contributed by atoms with Crippen LogP contribution in [-0.4, -0.2) is 43.0 Å². The highest BCUT2D eigenvalue weighted by molar-refractivity contribution is 5.95. The lowest BCUT2D eigenvalue weighted by Crippen LogP contribution is -2.31. The molecule has 0 unspecified atom stereocenters. The zero-order valence-electron chi connectivity index (χ0n) is 14.0. The van der Waals surface area contributed by atoms with Gasteiger partial charge in [0.2, 0.25) is 5.91 Å². The standard InChI is InChI=1S/C18H24N2O4/c1-23-16-10-12(6-7-15(16)24-14-4-2-3-5-14)18(22)20-9-8-13(11-20)17(19)21/h6-7,10,13-14H,2-5,8-9,11H2,1H3,(H2,19,21)/t13-/m0/s1. The van der Waals surface area contributed by atoms with Gasteiger partial charge in [0.15, 0.2) is 11.5 Å². The van der Waals surface area contributed by atoms with Crippen LogP contribution in [0.4, 0.5) is 0 Å². The first-order valence-corrected chi connectivity index (χ1v) is 8.51. The van der Waals surface area contributed by atoms with Crippen molar-refractivity contribution in [2.75, 3.05) is 20.2 Å². The van der Waals surface area contributed by atoms with Crippen LogP contribution in [0.15, 0.2) is 18.2 Å². The summed E-state index contributed by atoms with van der Waals surface area (Å²) in [6.07, 6.45) is 5.37. The molecule has 1 aliphatic carbocycles. The summed E-state index contributed by atoms with van der Waals surface area (Å²) in [5.41, 5.74) is 5.87. The van der Waals surface area contributed by atoms with Gasteiger partial charge < -0.3 is 20.1 Å². The first-order valence-electron chi connectivity index (χ1n) is 8.51. The van der Waals surface area contributed by atoms with E-state index in [-0.39, 0.29) is 23.8 Å². The Morgan fingerprint density at radius 2 is 1.92 bits per heavy atom. The summed E-state index contributed by atoms with van der Waals surface area (Å²) in [6.45, 7) is 0.936. The number of ether oxygens (including phenoxy) is 2. The quantitative estimate of drug-likeness (QED) is 0.893. The smallest absolute Gasteiger partial charge is 0.254 e. The first-order chi connectivity index (χ1) is 11.6. The molecule has 2 fully saturated rings. The second-order valence-corrected chi connectivity index (χ2v) is 6.53. The Kier molecular flexibility index (Phi) is 4.92. The Bertz CT molecular complexity index is 625. The highest BCUT2D eigenvalue weighted by Crippen LogP contribution is 2.33. The molecule has 3 rings (SSSR count). The van der Waals surface area contributed by atoms with E-state index in [2.05, 4.69) is 0 Å². The highest BCUT2D eigenvalue weighted by Gasteiger charge is 2.30. The summed E-state index contributed by atoms with van der Waals surface area (Å²) in [5.74, 6) is 0.546. The Hall–Kier alpha value is -2.24. The molecule has 1 saturated carbocycles. The van der Waals surface area contributed by atoms with Gasteiger partial charge in [-0.05, 0) is 50.3 Å². The molecule has 1 saturated heterocycles. The number of primary amides is 1. The van der Waals surface area contributed by atoms with Crippen molar-refractivity contribution in [2.24, 2.45) is 11.7 Å². The fourth-order valence-electron chi connectivity index (χ4n) is 3.44. The Labute approximate surface area is 141 Å². The van der Waals surface area contributed by atoms with Crippen LogP contribution in [0, 0.1) is 5.92 Å². The van der Waals surface area contributed by atoms with Crippen molar-refractivity contribution in [1.29, 1.82) is 0 Å². The summed E-state index contributed by atoms with van der Waals surface area (Å²) in [4.78, 5) is 25.5. The number of hydrogen-bond acceptors (Lipinski definition) is 4. The highest BCUT2D eigenvalue weighted by atomic mass is 16.5. The van der Waals surface area contributed by atoms with Crippen LogP contribution in [0.2, 0.25) is 0 Å². The van der Waals surface area contributed by atoms with Gasteiger partial charge in [-0.3, -0.25) is 9.59 Å². The number of rotatable bonds is 5. The Morgan fingerprint density at radius 1 is 1.17 bits per heavy atom. The molecule has 2 amide bonds. The molecule has 0 bridgehead atoms. The van der Waals surface area contributed by atoms with Gasteiger partial charge in [0.1, 0.15) is 0 Å². The molecule has 0 radical (unpaired) electrons. The lowest BCUT2D eigenvalue weighted by Gasteiger charge is -2.19. The average molecular weight is 332 g/mol. The van der Waals surface area contributed by atoms with E-state index in [1.165, 1.54) is 12.8 Å². The molecule has 24 heavy (non-hydrogen) atoms. The maximum absolute atomic E-state index is 12.6. The number of nitrogens with zero attached hydrogens (tertiary/aromatic N) is 1. The minimum absolute atomic E-state index is 0.107. The van der Waals surface area contributed by atoms with E-state index in [0.717, 1.165) is 12.8 Å². The zero-order chi connectivity index (χ0) is 17.1. The van der Waals surface area contributed by atoms with Crippen LogP contribution in [0.1, 0.15) is 42.5 Å². The van der Waals surface area contributed by atoms with Crippen LogP contribution in [0.3, 0.4) is 0 Å². The Morgan fingerprint density at radius 3 is 2.54 bits per heavy atom. The normalized spacial score (nSPS) is 21.0. The summed E-state index contributed by atoms with van der Waals surface area (Å²) >= 11 is 0. The van der Waals surface area contributed by atoms with E-state index in [9.17, 15) is 9.59 Å². The van der Waals surface area contributed by atoms with E-state index in [4.69, 9.17) is 15.2 Å². The van der Waals surface area contributed by atoms with Crippen molar-refractivity contribution in [3.63, 3.8) is 0 Å². The van der Waals surface area contributed by atoms with E-state index in [1.54, 1.807) is 30.2 Å². The zero-order valence-corrected chi connectivity index (χ0v) is 14.0. The van der Waals surface area contributed by atoms with E-state index in [1.807, 2.05) is 0 Å². The maximum atomic E-state index is 12.6. The van der Waals surface area contributed by atoms with Crippen LogP contribution in [0.5, 0.6) is 11.5 Å². The third kappa shape index (κ3) is 3.47. The van der Waals surface area contributed by atoms with Crippen molar-refractivity contribution >= 4 is 11.8 Å². The lowest BCUT2D eigenvalue weighted by atomic mass is 10.1. The second-order valence-electron chi connectivity index (χ2n) is 6.53. The third-order valence-electron chi connectivity index (χ3n) is 4.88. The van der Waals surface area contributed by atoms with Gasteiger partial charge in [-0.15, -0.1) is 0 Å². The topological polar surface area (TPSA) is 81.9 Å². The maximum Gasteiger partial charge on any atom is 0.254 e. The fourth-order valence-corrected chi connectivity index (χ4v) is 3.44. The van der Waals surface area contributed by atoms with E-state index < -0.39 is 0 Å². The summed E-state index contributed by atoms with van der Waals surface area (Å²) in [6, 6.07) is 5.27. The van der Waals surface area contributed by atoms with Crippen molar-refractivity contribution in [3.05, 3.63) is 23.8 Å². The number of amides is 2. The number of likely N-dealkylation sites (tertiary alicyclic amines) is 1. The molecule has 2 aliphatic rings. The summed E-state index contributed by atoms with van der Waals surface area (Å²) < 4.78 is 11.4. The molecule has 130 valence electrons. The molecule has 6 nitrogen and oxygen atoms in total. The molecular weight excluding hydrogens is 308 g/mol. The number of carbonyl (C=O) groups is 2. The second kappa shape index (κ2) is 7.11. The predicted octanol–water partition coefficient (Wildman–Crippen LogP) is 1.96. The van der Waals surface area contributed by atoms with Gasteiger partial charge in [0.05, 0.1) is 19.1 Å². The molecule has 2 N–H and O–H groups in total. The molecule has 1 atom stereocenters. The molecule has 1 aromatic carbocycles. The van der Waals surface area contributed by atoms with Gasteiger partial charge in [0, 0.05) is 18.7 Å². The number of methoxy groups -OCH3 is 1. The van der Waals surface area contributed by atoms with Gasteiger partial charge in [-0.25, -0.2) is 0 Å². The summed E-state index contributed by atoms with van der Waals surface area (Å²) in [5, 5.41) is 0. The van der Waals surface area contributed by atoms with E-state index >= 15 is 0 Å². The molecular formula is C18H24N2O4. The van der Waals surface area contributed by atoms with Gasteiger partial charge >= 0.3 is 0 Å². The van der Waals surface area contributed by atoms with Crippen LogP contribution in [-0.2, 0) is 4.79 Å². The number of hydrogen-bond donors (Lipinski definition) is 1. The SMILES string of the molecule is COc1cc(C(=O)N2CC[C@H](C(N)=O)C2)ccc1OC1CCCC1. The molecule has 0 spiro atoms. The molecule has 6 heteroatoms. The largest absolute Gasteiger partial charge is 0.493 e. The third-order valence-corrected chi connectivity index (χ3v) is 4.88. The summed E-state index contributed by atoms with van der Waals surface area (Å²) in [7, 11) is 1.57. The van der Waals surface area contributed by atoms with Crippen molar-refractivity contribution in [1.82, 2.24) is 4.90 Å². The van der Waals surface area contributed by atoms with Gasteiger partial charge in [-0.2, -0.15) is 0 Å². The molecule has 1 aliphatic heterocycles. The van der Waals surface area contributed by atoms with Crippen molar-refractivity contribution in [3.8, 4) is 11.5 Å². The minimum Gasteiger partial charge on any atom is -0.493 e. The van der Waals surface area contributed by atoms with Crippen molar-refractivity contribution in [2.45, 2.75) is 38.2 Å². The lowest BCUT2D eigenvalue weighted by molar-refractivity contribution is -0.121. The number of nitrogens with two attached hydrogens (primary N) is 1. The molecule has 0 aromatic heterocycles. The number of carbonyl (C=O) groups excluding carboxylic acids is 2. The first kappa shape index (κ1) is 16.6. The van der Waals surface area contributed by atoms with Gasteiger partial charge in [0.25, 0.3) is 5.91 Å². The fraction of sp³-hybridized carbons (Fsp3) is 0.556. The Balaban J connectivity index is 1.71. The predicted molar refractivity (Wildman–Crippen MR) is 89.1 cm³/mol. The molecule has 1 heterocycles. The van der Waals surface area contributed by atoms with Crippen LogP contribution >= 0.6 is 0 Å². The van der Waals surface area contributed by atoms with Crippen LogP contribution < -0.4 is 15.2 Å².